The molecule has 2 nitrogen and oxygen atoms in total. The van der Waals surface area contributed by atoms with Crippen LogP contribution in [-0.2, 0) is 0 Å². The summed E-state index contributed by atoms with van der Waals surface area (Å²) in [7, 11) is 0. The van der Waals surface area contributed by atoms with Crippen LogP contribution in [0.15, 0.2) is 18.2 Å². The van der Waals surface area contributed by atoms with Crippen LogP contribution in [0.2, 0.25) is 0 Å². The number of hydrogen-bond acceptors (Lipinski definition) is 2. The number of carbonyl (C=O) groups excluding carboxylic acids is 1. The summed E-state index contributed by atoms with van der Waals surface area (Å²) in [6.45, 7) is 7.66. The third-order valence-electron chi connectivity index (χ3n) is 2.13. The number of aryl methyl sites for hydroxylation is 1. The summed E-state index contributed by atoms with van der Waals surface area (Å²) in [4.78, 5) is 12.0. The fourth-order valence-electron chi connectivity index (χ4n) is 1.27. The van der Waals surface area contributed by atoms with Crippen molar-refractivity contribution in [3.05, 3.63) is 29.3 Å². The SMILES string of the molecule is Cc1ccc(N)c(C(=O)C(C)(C)C)c1. The maximum absolute atomic E-state index is 12.0. The van der Waals surface area contributed by atoms with Gasteiger partial charge in [-0.2, -0.15) is 0 Å². The van der Waals surface area contributed by atoms with Gasteiger partial charge in [0.1, 0.15) is 0 Å². The minimum absolute atomic E-state index is 0.0960. The van der Waals surface area contributed by atoms with E-state index in [-0.39, 0.29) is 11.2 Å². The van der Waals surface area contributed by atoms with Gasteiger partial charge in [-0.1, -0.05) is 32.4 Å². The monoisotopic (exact) mass is 191 g/mol. The molecule has 14 heavy (non-hydrogen) atoms. The number of nitrogen functional groups attached to an aromatic ring is 1. The molecule has 0 unspecified atom stereocenters. The Bertz CT molecular complexity index is 361. The molecule has 0 spiro atoms. The zero-order valence-corrected chi connectivity index (χ0v) is 9.22. The van der Waals surface area contributed by atoms with Crippen LogP contribution in [0.25, 0.3) is 0 Å². The van der Waals surface area contributed by atoms with Crippen LogP contribution >= 0.6 is 0 Å². The van der Waals surface area contributed by atoms with Gasteiger partial charge < -0.3 is 5.73 Å². The summed E-state index contributed by atoms with van der Waals surface area (Å²) in [6, 6.07) is 5.55. The Morgan fingerprint density at radius 1 is 1.29 bits per heavy atom. The van der Waals surface area contributed by atoms with E-state index in [1.807, 2.05) is 39.8 Å². The molecule has 0 aliphatic heterocycles. The summed E-state index contributed by atoms with van der Waals surface area (Å²) in [5.41, 5.74) is 7.66. The van der Waals surface area contributed by atoms with Gasteiger partial charge in [-0.05, 0) is 19.1 Å². The van der Waals surface area contributed by atoms with Gasteiger partial charge >= 0.3 is 0 Å². The molecule has 1 aromatic carbocycles. The van der Waals surface area contributed by atoms with Crippen LogP contribution in [0.1, 0.15) is 36.7 Å². The van der Waals surface area contributed by atoms with Crippen molar-refractivity contribution in [3.63, 3.8) is 0 Å². The lowest BCUT2D eigenvalue weighted by Crippen LogP contribution is -2.21. The lowest BCUT2D eigenvalue weighted by Gasteiger charge is -2.18. The molecule has 0 aliphatic carbocycles. The van der Waals surface area contributed by atoms with Crippen LogP contribution in [0.4, 0.5) is 5.69 Å². The van der Waals surface area contributed by atoms with Crippen molar-refractivity contribution in [1.29, 1.82) is 0 Å². The maximum Gasteiger partial charge on any atom is 0.170 e. The Kier molecular flexibility index (Phi) is 2.65. The van der Waals surface area contributed by atoms with Crippen molar-refractivity contribution in [3.8, 4) is 0 Å². The van der Waals surface area contributed by atoms with Crippen LogP contribution < -0.4 is 5.73 Å². The largest absolute Gasteiger partial charge is 0.398 e. The lowest BCUT2D eigenvalue weighted by molar-refractivity contribution is 0.0859. The van der Waals surface area contributed by atoms with Gasteiger partial charge in [0.05, 0.1) is 0 Å². The van der Waals surface area contributed by atoms with E-state index in [0.717, 1.165) is 5.56 Å². The number of rotatable bonds is 1. The van der Waals surface area contributed by atoms with Gasteiger partial charge in [0.2, 0.25) is 0 Å². The third kappa shape index (κ3) is 2.13. The number of benzene rings is 1. The molecule has 0 bridgehead atoms. The first kappa shape index (κ1) is 10.8. The lowest BCUT2D eigenvalue weighted by atomic mass is 9.85. The number of ketones is 1. The summed E-state index contributed by atoms with van der Waals surface area (Å²) < 4.78 is 0. The van der Waals surface area contributed by atoms with E-state index in [1.165, 1.54) is 0 Å². The van der Waals surface area contributed by atoms with Crippen LogP contribution in [0.3, 0.4) is 0 Å². The van der Waals surface area contributed by atoms with Gasteiger partial charge in [0.15, 0.2) is 5.78 Å². The molecule has 0 amide bonds. The Labute approximate surface area is 85.1 Å². The highest BCUT2D eigenvalue weighted by Gasteiger charge is 2.24. The van der Waals surface area contributed by atoms with E-state index in [2.05, 4.69) is 0 Å². The van der Waals surface area contributed by atoms with Gasteiger partial charge in [-0.3, -0.25) is 4.79 Å². The minimum Gasteiger partial charge on any atom is -0.398 e. The summed E-state index contributed by atoms with van der Waals surface area (Å²) >= 11 is 0. The molecular weight excluding hydrogens is 174 g/mol. The molecule has 1 aromatic rings. The molecule has 0 radical (unpaired) electrons. The van der Waals surface area contributed by atoms with Crippen LogP contribution in [0.5, 0.6) is 0 Å². The van der Waals surface area contributed by atoms with Crippen molar-refractivity contribution in [2.75, 3.05) is 5.73 Å². The predicted molar refractivity (Wildman–Crippen MR) is 59.4 cm³/mol. The molecule has 0 fully saturated rings. The number of Topliss-reactive ketones (excluding diaryl/α,β-unsaturated/α-hetero) is 1. The fourth-order valence-corrected chi connectivity index (χ4v) is 1.27. The Balaban J connectivity index is 3.19. The molecule has 76 valence electrons. The highest BCUT2D eigenvalue weighted by Crippen LogP contribution is 2.25. The minimum atomic E-state index is -0.373. The molecule has 2 N–H and O–H groups in total. The van der Waals surface area contributed by atoms with E-state index < -0.39 is 0 Å². The van der Waals surface area contributed by atoms with Gasteiger partial charge in [-0.15, -0.1) is 0 Å². The number of hydrogen-bond donors (Lipinski definition) is 1. The predicted octanol–water partition coefficient (Wildman–Crippen LogP) is 2.81. The number of anilines is 1. The standard InChI is InChI=1S/C12H17NO/c1-8-5-6-10(13)9(7-8)11(14)12(2,3)4/h5-7H,13H2,1-4H3. The van der Waals surface area contributed by atoms with E-state index in [1.54, 1.807) is 6.07 Å². The van der Waals surface area contributed by atoms with E-state index in [4.69, 9.17) is 5.73 Å². The number of carbonyl (C=O) groups is 1. The van der Waals surface area contributed by atoms with Crippen LogP contribution in [-0.4, -0.2) is 5.78 Å². The molecule has 0 saturated carbocycles. The molecule has 0 heterocycles. The zero-order valence-electron chi connectivity index (χ0n) is 9.22. The quantitative estimate of drug-likeness (QED) is 0.548. The summed E-state index contributed by atoms with van der Waals surface area (Å²) in [5, 5.41) is 0. The van der Waals surface area contributed by atoms with E-state index >= 15 is 0 Å². The van der Waals surface area contributed by atoms with Crippen molar-refractivity contribution in [2.45, 2.75) is 27.7 Å². The second-order valence-electron chi connectivity index (χ2n) is 4.67. The van der Waals surface area contributed by atoms with Crippen LogP contribution in [0, 0.1) is 12.3 Å². The molecule has 0 saturated heterocycles. The van der Waals surface area contributed by atoms with Gasteiger partial charge in [-0.25, -0.2) is 0 Å². The smallest absolute Gasteiger partial charge is 0.170 e. The van der Waals surface area contributed by atoms with E-state index in [9.17, 15) is 4.79 Å². The van der Waals surface area contributed by atoms with E-state index in [0.29, 0.717) is 11.3 Å². The van der Waals surface area contributed by atoms with Crippen molar-refractivity contribution >= 4 is 11.5 Å². The summed E-state index contributed by atoms with van der Waals surface area (Å²) in [6.07, 6.45) is 0. The zero-order chi connectivity index (χ0) is 10.9. The van der Waals surface area contributed by atoms with Gasteiger partial charge in [0.25, 0.3) is 0 Å². The second-order valence-corrected chi connectivity index (χ2v) is 4.67. The topological polar surface area (TPSA) is 43.1 Å². The molecule has 0 aromatic heterocycles. The Morgan fingerprint density at radius 2 is 1.86 bits per heavy atom. The molecule has 0 aliphatic rings. The van der Waals surface area contributed by atoms with Crippen molar-refractivity contribution < 1.29 is 4.79 Å². The summed E-state index contributed by atoms with van der Waals surface area (Å²) in [5.74, 6) is 0.0960. The average molecular weight is 191 g/mol. The molecule has 1 rings (SSSR count). The molecule has 0 atom stereocenters. The second kappa shape index (κ2) is 3.45. The average Bonchev–Trinajstić information content (AvgIpc) is 2.06. The fraction of sp³-hybridized carbons (Fsp3) is 0.417. The van der Waals surface area contributed by atoms with Crippen molar-refractivity contribution in [1.82, 2.24) is 0 Å². The highest BCUT2D eigenvalue weighted by atomic mass is 16.1. The first-order valence-electron chi connectivity index (χ1n) is 4.73. The Hall–Kier alpha value is -1.31. The first-order valence-corrected chi connectivity index (χ1v) is 4.73. The van der Waals surface area contributed by atoms with Gasteiger partial charge in [0, 0.05) is 16.7 Å². The number of nitrogens with two attached hydrogens (primary N) is 1. The highest BCUT2D eigenvalue weighted by molar-refractivity contribution is 6.04. The van der Waals surface area contributed by atoms with Crippen molar-refractivity contribution in [2.24, 2.45) is 5.41 Å². The maximum atomic E-state index is 12.0. The first-order chi connectivity index (χ1) is 6.32. The molecule has 2 heteroatoms. The molecular formula is C12H17NO. The third-order valence-corrected chi connectivity index (χ3v) is 2.13. The Morgan fingerprint density at radius 3 is 2.36 bits per heavy atom. The normalized spacial score (nSPS) is 11.4.